The average Bonchev–Trinajstić information content (AvgIpc) is 2.89. The van der Waals surface area contributed by atoms with Gasteiger partial charge in [-0.05, 0) is 47.7 Å². The summed E-state index contributed by atoms with van der Waals surface area (Å²) in [5.74, 6) is 0.862. The standard InChI is InChI=1S/C12H12INO2S/c1-8(5-10-3-2-4-16-10)14-12(15)9-6-11(13)17-7-9/h2-4,6-8H,5H2,1H3,(H,14,15). The molecule has 3 nitrogen and oxygen atoms in total. The van der Waals surface area contributed by atoms with Crippen molar-refractivity contribution in [2.75, 3.05) is 0 Å². The van der Waals surface area contributed by atoms with Gasteiger partial charge in [-0.3, -0.25) is 4.79 Å². The zero-order valence-corrected chi connectivity index (χ0v) is 12.2. The SMILES string of the molecule is CC(Cc1ccco1)NC(=O)c1csc(I)c1. The first-order valence-corrected chi connectivity index (χ1v) is 7.18. The maximum absolute atomic E-state index is 11.9. The molecule has 2 heterocycles. The summed E-state index contributed by atoms with van der Waals surface area (Å²) < 4.78 is 6.36. The van der Waals surface area contributed by atoms with Crippen LogP contribution in [-0.2, 0) is 6.42 Å². The van der Waals surface area contributed by atoms with E-state index in [4.69, 9.17) is 4.42 Å². The van der Waals surface area contributed by atoms with Crippen LogP contribution in [0.1, 0.15) is 23.0 Å². The lowest BCUT2D eigenvalue weighted by Gasteiger charge is -2.11. The van der Waals surface area contributed by atoms with Gasteiger partial charge in [0.25, 0.3) is 5.91 Å². The van der Waals surface area contributed by atoms with Crippen molar-refractivity contribution in [1.82, 2.24) is 5.32 Å². The molecule has 1 unspecified atom stereocenters. The molecule has 2 rings (SSSR count). The first-order valence-electron chi connectivity index (χ1n) is 5.22. The molecule has 0 bridgehead atoms. The van der Waals surface area contributed by atoms with Gasteiger partial charge >= 0.3 is 0 Å². The van der Waals surface area contributed by atoms with E-state index in [0.717, 1.165) is 14.2 Å². The Morgan fingerprint density at radius 3 is 3.06 bits per heavy atom. The van der Waals surface area contributed by atoms with E-state index < -0.39 is 0 Å². The Bertz CT molecular complexity index is 492. The molecule has 0 aliphatic carbocycles. The number of furan rings is 1. The van der Waals surface area contributed by atoms with E-state index in [9.17, 15) is 4.79 Å². The molecule has 0 spiro atoms. The largest absolute Gasteiger partial charge is 0.469 e. The third-order valence-electron chi connectivity index (χ3n) is 2.29. The van der Waals surface area contributed by atoms with Gasteiger partial charge in [-0.2, -0.15) is 0 Å². The Morgan fingerprint density at radius 2 is 2.47 bits per heavy atom. The predicted molar refractivity (Wildman–Crippen MR) is 76.4 cm³/mol. The first-order chi connectivity index (χ1) is 8.15. The molecule has 1 amide bonds. The summed E-state index contributed by atoms with van der Waals surface area (Å²) in [6.45, 7) is 1.97. The van der Waals surface area contributed by atoms with Crippen molar-refractivity contribution in [2.45, 2.75) is 19.4 Å². The van der Waals surface area contributed by atoms with E-state index in [1.54, 1.807) is 17.6 Å². The monoisotopic (exact) mass is 361 g/mol. The highest BCUT2D eigenvalue weighted by atomic mass is 127. The number of halogens is 1. The summed E-state index contributed by atoms with van der Waals surface area (Å²) in [7, 11) is 0. The number of hydrogen-bond donors (Lipinski definition) is 1. The molecule has 2 aromatic rings. The zero-order chi connectivity index (χ0) is 12.3. The minimum absolute atomic E-state index is 0.0248. The fraction of sp³-hybridized carbons (Fsp3) is 0.250. The van der Waals surface area contributed by atoms with E-state index in [0.29, 0.717) is 6.42 Å². The van der Waals surface area contributed by atoms with Crippen LogP contribution in [0.4, 0.5) is 0 Å². The van der Waals surface area contributed by atoms with Crippen LogP contribution in [0.5, 0.6) is 0 Å². The van der Waals surface area contributed by atoms with Crippen LogP contribution in [0.25, 0.3) is 0 Å². The Balaban J connectivity index is 1.90. The van der Waals surface area contributed by atoms with Gasteiger partial charge in [0.05, 0.1) is 14.7 Å². The lowest BCUT2D eigenvalue weighted by Crippen LogP contribution is -2.33. The topological polar surface area (TPSA) is 42.2 Å². The average molecular weight is 361 g/mol. The van der Waals surface area contributed by atoms with Gasteiger partial charge < -0.3 is 9.73 Å². The van der Waals surface area contributed by atoms with Gasteiger partial charge in [0.2, 0.25) is 0 Å². The van der Waals surface area contributed by atoms with Crippen molar-refractivity contribution in [2.24, 2.45) is 0 Å². The highest BCUT2D eigenvalue weighted by Gasteiger charge is 2.12. The van der Waals surface area contributed by atoms with Crippen molar-refractivity contribution in [3.8, 4) is 0 Å². The number of nitrogens with one attached hydrogen (secondary N) is 1. The summed E-state index contributed by atoms with van der Waals surface area (Å²) >= 11 is 3.78. The molecule has 0 saturated carbocycles. The molecule has 0 saturated heterocycles. The van der Waals surface area contributed by atoms with Gasteiger partial charge in [0, 0.05) is 17.8 Å². The lowest BCUT2D eigenvalue weighted by atomic mass is 10.2. The molecule has 0 aliphatic heterocycles. The number of carbonyl (C=O) groups excluding carboxylic acids is 1. The molecular formula is C12H12INO2S. The summed E-state index contributed by atoms with van der Waals surface area (Å²) in [4.78, 5) is 11.9. The number of hydrogen-bond acceptors (Lipinski definition) is 3. The molecule has 0 aliphatic rings. The fourth-order valence-electron chi connectivity index (χ4n) is 1.52. The third-order valence-corrected chi connectivity index (χ3v) is 4.08. The summed E-state index contributed by atoms with van der Waals surface area (Å²) in [5, 5.41) is 4.82. The van der Waals surface area contributed by atoms with Gasteiger partial charge in [-0.25, -0.2) is 0 Å². The van der Waals surface area contributed by atoms with E-state index in [1.165, 1.54) is 0 Å². The number of thiophene rings is 1. The van der Waals surface area contributed by atoms with Crippen molar-refractivity contribution < 1.29 is 9.21 Å². The molecule has 2 aromatic heterocycles. The van der Waals surface area contributed by atoms with E-state index in [2.05, 4.69) is 27.9 Å². The molecular weight excluding hydrogens is 349 g/mol. The van der Waals surface area contributed by atoms with Crippen LogP contribution in [0.3, 0.4) is 0 Å². The normalized spacial score (nSPS) is 12.4. The maximum Gasteiger partial charge on any atom is 0.252 e. The number of amides is 1. The molecule has 1 N–H and O–H groups in total. The van der Waals surface area contributed by atoms with Crippen LogP contribution in [0, 0.1) is 2.88 Å². The van der Waals surface area contributed by atoms with E-state index in [1.807, 2.05) is 30.5 Å². The highest BCUT2D eigenvalue weighted by Crippen LogP contribution is 2.16. The molecule has 0 aromatic carbocycles. The van der Waals surface area contributed by atoms with Crippen LogP contribution in [-0.4, -0.2) is 11.9 Å². The second kappa shape index (κ2) is 5.68. The number of carbonyl (C=O) groups is 1. The Kier molecular flexibility index (Phi) is 4.22. The van der Waals surface area contributed by atoms with Crippen molar-refractivity contribution in [1.29, 1.82) is 0 Å². The highest BCUT2D eigenvalue weighted by molar-refractivity contribution is 14.1. The quantitative estimate of drug-likeness (QED) is 0.850. The van der Waals surface area contributed by atoms with Crippen LogP contribution >= 0.6 is 33.9 Å². The van der Waals surface area contributed by atoms with Crippen LogP contribution < -0.4 is 5.32 Å². The fourth-order valence-corrected chi connectivity index (χ4v) is 2.84. The third kappa shape index (κ3) is 3.57. The maximum atomic E-state index is 11.9. The molecule has 0 fully saturated rings. The Labute approximate surface area is 117 Å². The second-order valence-corrected chi connectivity index (χ2v) is 6.60. The predicted octanol–water partition coefficient (Wildman–Crippen LogP) is 3.31. The van der Waals surface area contributed by atoms with Crippen LogP contribution in [0.15, 0.2) is 34.3 Å². The smallest absolute Gasteiger partial charge is 0.252 e. The van der Waals surface area contributed by atoms with Gasteiger partial charge in [-0.1, -0.05) is 0 Å². The first kappa shape index (κ1) is 12.6. The number of rotatable bonds is 4. The lowest BCUT2D eigenvalue weighted by molar-refractivity contribution is 0.0939. The van der Waals surface area contributed by atoms with Gasteiger partial charge in [0.15, 0.2) is 0 Å². The summed E-state index contributed by atoms with van der Waals surface area (Å²) in [6, 6.07) is 5.72. The van der Waals surface area contributed by atoms with E-state index in [-0.39, 0.29) is 11.9 Å². The van der Waals surface area contributed by atoms with Crippen molar-refractivity contribution in [3.63, 3.8) is 0 Å². The molecule has 1 atom stereocenters. The summed E-state index contributed by atoms with van der Waals surface area (Å²) in [6.07, 6.45) is 2.35. The van der Waals surface area contributed by atoms with E-state index >= 15 is 0 Å². The minimum Gasteiger partial charge on any atom is -0.469 e. The summed E-state index contributed by atoms with van der Waals surface area (Å²) in [5.41, 5.74) is 0.727. The molecule has 0 radical (unpaired) electrons. The molecule has 90 valence electrons. The molecule has 5 heteroatoms. The second-order valence-electron chi connectivity index (χ2n) is 3.80. The van der Waals surface area contributed by atoms with Crippen molar-refractivity contribution >= 4 is 39.8 Å². The Morgan fingerprint density at radius 1 is 1.65 bits per heavy atom. The molecule has 17 heavy (non-hydrogen) atoms. The van der Waals surface area contributed by atoms with Gasteiger partial charge in [0.1, 0.15) is 5.76 Å². The van der Waals surface area contributed by atoms with Crippen molar-refractivity contribution in [3.05, 3.63) is 44.0 Å². The Hall–Kier alpha value is -0.820. The zero-order valence-electron chi connectivity index (χ0n) is 9.27. The van der Waals surface area contributed by atoms with Gasteiger partial charge in [-0.15, -0.1) is 11.3 Å². The minimum atomic E-state index is -0.0248. The van der Waals surface area contributed by atoms with Crippen LogP contribution in [0.2, 0.25) is 0 Å².